The minimum atomic E-state index is -1.16. The minimum absolute atomic E-state index is 0.211. The van der Waals surface area contributed by atoms with Crippen LogP contribution in [-0.4, -0.2) is 49.4 Å². The maximum absolute atomic E-state index is 12.9. The minimum Gasteiger partial charge on any atom is -0.465 e. The number of hydrogen-bond donors (Lipinski definition) is 2. The Morgan fingerprint density at radius 3 is 2.66 bits per heavy atom. The summed E-state index contributed by atoms with van der Waals surface area (Å²) in [5, 5.41) is 17.6. The van der Waals surface area contributed by atoms with Gasteiger partial charge in [-0.15, -0.1) is 6.42 Å². The normalized spacial score (nSPS) is 12.2. The van der Waals surface area contributed by atoms with Crippen molar-refractivity contribution in [3.63, 3.8) is 0 Å². The fourth-order valence-electron chi connectivity index (χ4n) is 3.54. The van der Waals surface area contributed by atoms with E-state index in [-0.39, 0.29) is 17.8 Å². The third kappa shape index (κ3) is 4.89. The number of nitrogens with zero attached hydrogens (tertiary/aromatic N) is 4. The lowest BCUT2D eigenvalue weighted by Crippen LogP contribution is -2.48. The quantitative estimate of drug-likeness (QED) is 0.593. The number of anilines is 1. The average Bonchev–Trinajstić information content (AvgIpc) is 3.11. The van der Waals surface area contributed by atoms with Crippen molar-refractivity contribution in [2.75, 3.05) is 11.9 Å². The summed E-state index contributed by atoms with van der Waals surface area (Å²) >= 11 is 0. The van der Waals surface area contributed by atoms with Crippen molar-refractivity contribution < 1.29 is 14.7 Å². The highest BCUT2D eigenvalue weighted by atomic mass is 16.4. The van der Waals surface area contributed by atoms with E-state index in [0.717, 1.165) is 26.9 Å². The number of pyridine rings is 1. The number of nitrogens with one attached hydrogen (secondary N) is 1. The van der Waals surface area contributed by atoms with Gasteiger partial charge in [-0.25, -0.2) is 9.78 Å². The predicted octanol–water partition coefficient (Wildman–Crippen LogP) is 3.97. The lowest BCUT2D eigenvalue weighted by Gasteiger charge is -2.31. The molecule has 0 aliphatic carbocycles. The number of carboxylic acid groups (broad SMARTS) is 1. The molecule has 0 bridgehead atoms. The van der Waals surface area contributed by atoms with Crippen LogP contribution in [0.25, 0.3) is 22.0 Å². The van der Waals surface area contributed by atoms with Crippen molar-refractivity contribution >= 4 is 28.7 Å². The molecule has 32 heavy (non-hydrogen) atoms. The van der Waals surface area contributed by atoms with Gasteiger partial charge in [0.15, 0.2) is 0 Å². The van der Waals surface area contributed by atoms with Gasteiger partial charge in [-0.05, 0) is 30.0 Å². The summed E-state index contributed by atoms with van der Waals surface area (Å²) in [5.74, 6) is 2.29. The molecule has 1 aromatic carbocycles. The average molecular weight is 434 g/mol. The number of carbonyl (C=O) groups is 2. The topological polar surface area (TPSA) is 100 Å². The summed E-state index contributed by atoms with van der Waals surface area (Å²) in [4.78, 5) is 30.1. The zero-order valence-electron chi connectivity index (χ0n) is 18.9. The van der Waals surface area contributed by atoms with Crippen LogP contribution in [0.3, 0.4) is 0 Å². The van der Waals surface area contributed by atoms with Crippen LogP contribution < -0.4 is 5.32 Å². The number of aryl methyl sites for hydroxylation is 1. The highest BCUT2D eigenvalue weighted by Gasteiger charge is 2.29. The van der Waals surface area contributed by atoms with E-state index >= 15 is 0 Å². The van der Waals surface area contributed by atoms with Crippen molar-refractivity contribution in [1.29, 1.82) is 0 Å². The third-order valence-corrected chi connectivity index (χ3v) is 5.03. The first-order chi connectivity index (χ1) is 15.0. The van der Waals surface area contributed by atoms with Gasteiger partial charge in [-0.1, -0.05) is 44.9 Å². The van der Waals surface area contributed by atoms with E-state index in [4.69, 9.17) is 6.42 Å². The zero-order valence-corrected chi connectivity index (χ0v) is 18.9. The number of hydrogen-bond acceptors (Lipinski definition) is 4. The Morgan fingerprint density at radius 1 is 1.31 bits per heavy atom. The molecule has 2 amide bonds. The first kappa shape index (κ1) is 22.8. The monoisotopic (exact) mass is 433 g/mol. The van der Waals surface area contributed by atoms with E-state index < -0.39 is 18.0 Å². The van der Waals surface area contributed by atoms with E-state index in [1.54, 1.807) is 29.9 Å². The first-order valence-electron chi connectivity index (χ1n) is 10.2. The van der Waals surface area contributed by atoms with Crippen molar-refractivity contribution in [2.45, 2.75) is 33.7 Å². The molecule has 0 aliphatic heterocycles. The van der Waals surface area contributed by atoms with Crippen molar-refractivity contribution in [1.82, 2.24) is 19.7 Å². The Balaban J connectivity index is 1.95. The number of terminal acetylenes is 1. The Hall–Kier alpha value is -3.86. The molecule has 2 heterocycles. The van der Waals surface area contributed by atoms with Crippen LogP contribution in [0, 0.1) is 17.8 Å². The number of carbonyl (C=O) groups excluding carboxylic acids is 1. The van der Waals surface area contributed by atoms with Crippen molar-refractivity contribution in [3.8, 4) is 23.5 Å². The van der Waals surface area contributed by atoms with E-state index in [9.17, 15) is 14.7 Å². The second kappa shape index (κ2) is 8.71. The molecule has 0 saturated heterocycles. The van der Waals surface area contributed by atoms with Crippen LogP contribution in [0.5, 0.6) is 0 Å². The van der Waals surface area contributed by atoms with Crippen LogP contribution in [0.1, 0.15) is 33.4 Å². The summed E-state index contributed by atoms with van der Waals surface area (Å²) in [7, 11) is 1.86. The largest absolute Gasteiger partial charge is 0.465 e. The lowest BCUT2D eigenvalue weighted by molar-refractivity contribution is -0.120. The molecule has 8 heteroatoms. The number of aromatic nitrogens is 3. The molecule has 3 aromatic rings. The fraction of sp³-hybridized carbons (Fsp3) is 0.333. The fourth-order valence-corrected chi connectivity index (χ4v) is 3.54. The Morgan fingerprint density at radius 2 is 2.03 bits per heavy atom. The Kier molecular flexibility index (Phi) is 6.21. The van der Waals surface area contributed by atoms with E-state index in [1.165, 1.54) is 0 Å². The van der Waals surface area contributed by atoms with Crippen molar-refractivity contribution in [3.05, 3.63) is 42.2 Å². The molecular formula is C24H27N5O3. The molecule has 0 spiro atoms. The lowest BCUT2D eigenvalue weighted by atomic mass is 9.95. The van der Waals surface area contributed by atoms with Gasteiger partial charge in [-0.2, -0.15) is 5.10 Å². The van der Waals surface area contributed by atoms with E-state index in [0.29, 0.717) is 5.69 Å². The molecular weight excluding hydrogens is 406 g/mol. The maximum atomic E-state index is 12.9. The van der Waals surface area contributed by atoms with Gasteiger partial charge in [0.25, 0.3) is 0 Å². The molecule has 1 unspecified atom stereocenters. The molecule has 2 aromatic heterocycles. The predicted molar refractivity (Wildman–Crippen MR) is 124 cm³/mol. The number of benzene rings is 1. The van der Waals surface area contributed by atoms with Crippen LogP contribution in [0.4, 0.5) is 10.6 Å². The number of amides is 2. The molecule has 2 N–H and O–H groups in total. The Bertz CT molecular complexity index is 1220. The summed E-state index contributed by atoms with van der Waals surface area (Å²) < 4.78 is 1.78. The van der Waals surface area contributed by atoms with Crippen LogP contribution in [0.2, 0.25) is 0 Å². The van der Waals surface area contributed by atoms with Crippen LogP contribution in [-0.2, 0) is 11.8 Å². The molecule has 0 radical (unpaired) electrons. The van der Waals surface area contributed by atoms with E-state index in [2.05, 4.69) is 21.3 Å². The molecule has 8 nitrogen and oxygen atoms in total. The van der Waals surface area contributed by atoms with Crippen molar-refractivity contribution in [2.24, 2.45) is 12.5 Å². The zero-order chi connectivity index (χ0) is 23.6. The standard InChI is InChI=1S/C24H27N5O3/c1-7-18-11-17(19-10-8-9-16-13-25-28(6)21(16)19)12-20(26-18)27-22(30)15(2)29(23(31)32)14-24(3,4)5/h1,8-13,15H,14H2,2-6H3,(H,31,32)(H,26,27,30). The molecule has 3 rings (SSSR count). The second-order valence-electron chi connectivity index (χ2n) is 8.92. The van der Waals surface area contributed by atoms with Crippen LogP contribution >= 0.6 is 0 Å². The first-order valence-corrected chi connectivity index (χ1v) is 10.2. The summed E-state index contributed by atoms with van der Waals surface area (Å²) in [5.41, 5.74) is 2.65. The molecule has 0 aliphatic rings. The van der Waals surface area contributed by atoms with Gasteiger partial charge in [-0.3, -0.25) is 14.4 Å². The number of para-hydroxylation sites is 1. The summed E-state index contributed by atoms with van der Waals surface area (Å²) in [6.45, 7) is 7.50. The summed E-state index contributed by atoms with van der Waals surface area (Å²) in [6, 6.07) is 8.42. The van der Waals surface area contributed by atoms with Crippen LogP contribution in [0.15, 0.2) is 36.5 Å². The van der Waals surface area contributed by atoms with Gasteiger partial charge >= 0.3 is 6.09 Å². The van der Waals surface area contributed by atoms with Gasteiger partial charge < -0.3 is 10.4 Å². The third-order valence-electron chi connectivity index (χ3n) is 5.03. The smallest absolute Gasteiger partial charge is 0.407 e. The van der Waals surface area contributed by atoms with Gasteiger partial charge in [0.05, 0.1) is 11.7 Å². The highest BCUT2D eigenvalue weighted by Crippen LogP contribution is 2.30. The molecule has 0 saturated carbocycles. The van der Waals surface area contributed by atoms with Gasteiger partial charge in [0.1, 0.15) is 17.6 Å². The summed E-state index contributed by atoms with van der Waals surface area (Å²) in [6.07, 6.45) is 6.23. The Labute approximate surface area is 187 Å². The highest BCUT2D eigenvalue weighted by molar-refractivity contribution is 5.98. The number of fused-ring (bicyclic) bond motifs is 1. The SMILES string of the molecule is C#Cc1cc(-c2cccc3cnn(C)c23)cc(NC(=O)C(C)N(CC(C)(C)C)C(=O)O)n1. The van der Waals surface area contributed by atoms with E-state index in [1.807, 2.05) is 46.0 Å². The molecule has 0 fully saturated rings. The second-order valence-corrected chi connectivity index (χ2v) is 8.92. The molecule has 166 valence electrons. The van der Waals surface area contributed by atoms with Gasteiger partial charge in [0, 0.05) is 24.5 Å². The maximum Gasteiger partial charge on any atom is 0.407 e. The number of rotatable bonds is 5. The van der Waals surface area contributed by atoms with Gasteiger partial charge in [0.2, 0.25) is 5.91 Å². The molecule has 1 atom stereocenters.